The molecule has 6 nitrogen and oxygen atoms in total. The molecule has 1 saturated carbocycles. The highest BCUT2D eigenvalue weighted by Gasteiger charge is 2.30. The van der Waals surface area contributed by atoms with Crippen molar-refractivity contribution >= 4 is 11.9 Å². The monoisotopic (exact) mass is 311 g/mol. The first-order chi connectivity index (χ1) is 10.6. The Kier molecular flexibility index (Phi) is 6.49. The fourth-order valence-electron chi connectivity index (χ4n) is 3.11. The Balaban J connectivity index is 1.86. The van der Waals surface area contributed by atoms with Crippen LogP contribution in [-0.4, -0.2) is 55.2 Å². The summed E-state index contributed by atoms with van der Waals surface area (Å²) in [6.07, 6.45) is 5.68. The van der Waals surface area contributed by atoms with Crippen LogP contribution in [0.15, 0.2) is 0 Å². The molecule has 1 atom stereocenters. The first-order valence-corrected chi connectivity index (χ1v) is 8.51. The summed E-state index contributed by atoms with van der Waals surface area (Å²) >= 11 is 0. The molecule has 0 aromatic carbocycles. The van der Waals surface area contributed by atoms with Gasteiger partial charge in [0.1, 0.15) is 6.04 Å². The van der Waals surface area contributed by atoms with Gasteiger partial charge in [-0.15, -0.1) is 0 Å². The lowest BCUT2D eigenvalue weighted by Gasteiger charge is -2.32. The molecule has 0 aromatic heterocycles. The Morgan fingerprint density at radius 1 is 1.09 bits per heavy atom. The number of nitrogens with zero attached hydrogens (tertiary/aromatic N) is 1. The van der Waals surface area contributed by atoms with E-state index in [0.717, 1.165) is 12.8 Å². The molecule has 126 valence electrons. The minimum atomic E-state index is -0.471. The van der Waals surface area contributed by atoms with Gasteiger partial charge in [0.2, 0.25) is 5.91 Å². The van der Waals surface area contributed by atoms with Crippen LogP contribution in [0.2, 0.25) is 0 Å². The van der Waals surface area contributed by atoms with E-state index in [-0.39, 0.29) is 23.9 Å². The van der Waals surface area contributed by atoms with Crippen molar-refractivity contribution in [3.8, 4) is 0 Å². The summed E-state index contributed by atoms with van der Waals surface area (Å²) in [6.45, 7) is 6.28. The standard InChI is InChI=1S/C16H29N3O3/c1-12(2)14(15(20)19-8-10-22-11-9-19)18-16(21)17-13-6-4-3-5-7-13/h12-14H,3-11H2,1-2H3,(H2,17,18,21)/t14-/m0/s1. The molecular formula is C16H29N3O3. The number of rotatable bonds is 4. The highest BCUT2D eigenvalue weighted by Crippen LogP contribution is 2.17. The van der Waals surface area contributed by atoms with E-state index in [2.05, 4.69) is 10.6 Å². The molecule has 1 aliphatic carbocycles. The van der Waals surface area contributed by atoms with Crippen LogP contribution in [0.5, 0.6) is 0 Å². The van der Waals surface area contributed by atoms with Crippen molar-refractivity contribution in [3.05, 3.63) is 0 Å². The maximum Gasteiger partial charge on any atom is 0.315 e. The summed E-state index contributed by atoms with van der Waals surface area (Å²) in [5.74, 6) is 0.0598. The zero-order valence-corrected chi connectivity index (χ0v) is 13.8. The molecule has 2 aliphatic rings. The van der Waals surface area contributed by atoms with Crippen molar-refractivity contribution in [2.45, 2.75) is 58.0 Å². The number of hydrogen-bond donors (Lipinski definition) is 2. The van der Waals surface area contributed by atoms with E-state index < -0.39 is 6.04 Å². The van der Waals surface area contributed by atoms with Gasteiger partial charge >= 0.3 is 6.03 Å². The van der Waals surface area contributed by atoms with Crippen molar-refractivity contribution in [3.63, 3.8) is 0 Å². The lowest BCUT2D eigenvalue weighted by Crippen LogP contribution is -2.56. The molecule has 22 heavy (non-hydrogen) atoms. The Morgan fingerprint density at radius 3 is 2.32 bits per heavy atom. The summed E-state index contributed by atoms with van der Waals surface area (Å²) < 4.78 is 5.28. The van der Waals surface area contributed by atoms with Crippen molar-refractivity contribution in [1.29, 1.82) is 0 Å². The molecular weight excluding hydrogens is 282 g/mol. The summed E-state index contributed by atoms with van der Waals surface area (Å²) in [5, 5.41) is 5.90. The van der Waals surface area contributed by atoms with Crippen LogP contribution in [0.3, 0.4) is 0 Å². The van der Waals surface area contributed by atoms with Gasteiger partial charge in [-0.25, -0.2) is 4.79 Å². The molecule has 1 saturated heterocycles. The van der Waals surface area contributed by atoms with Gasteiger partial charge in [0, 0.05) is 19.1 Å². The summed E-state index contributed by atoms with van der Waals surface area (Å²) in [6, 6.07) is -0.436. The van der Waals surface area contributed by atoms with Gasteiger partial charge in [0.15, 0.2) is 0 Å². The zero-order valence-electron chi connectivity index (χ0n) is 13.8. The van der Waals surface area contributed by atoms with Crippen molar-refractivity contribution < 1.29 is 14.3 Å². The summed E-state index contributed by atoms with van der Waals surface area (Å²) in [7, 11) is 0. The lowest BCUT2D eigenvalue weighted by atomic mass is 9.96. The third-order valence-corrected chi connectivity index (χ3v) is 4.48. The van der Waals surface area contributed by atoms with Crippen molar-refractivity contribution in [1.82, 2.24) is 15.5 Å². The number of carbonyl (C=O) groups excluding carboxylic acids is 2. The van der Waals surface area contributed by atoms with E-state index in [1.165, 1.54) is 19.3 Å². The highest BCUT2D eigenvalue weighted by molar-refractivity contribution is 5.87. The average molecular weight is 311 g/mol. The van der Waals surface area contributed by atoms with Gasteiger partial charge in [0.25, 0.3) is 0 Å². The average Bonchev–Trinajstić information content (AvgIpc) is 2.53. The van der Waals surface area contributed by atoms with Crippen LogP contribution in [-0.2, 0) is 9.53 Å². The molecule has 1 aliphatic heterocycles. The third kappa shape index (κ3) is 4.87. The molecule has 2 fully saturated rings. The van der Waals surface area contributed by atoms with E-state index >= 15 is 0 Å². The second-order valence-corrected chi connectivity index (χ2v) is 6.61. The van der Waals surface area contributed by atoms with Gasteiger partial charge in [0.05, 0.1) is 13.2 Å². The van der Waals surface area contributed by atoms with Crippen LogP contribution >= 0.6 is 0 Å². The first kappa shape index (κ1) is 17.1. The number of ether oxygens (including phenoxy) is 1. The van der Waals surface area contributed by atoms with E-state index in [4.69, 9.17) is 4.74 Å². The normalized spacial score (nSPS) is 21.5. The van der Waals surface area contributed by atoms with Gasteiger partial charge in [-0.1, -0.05) is 33.1 Å². The number of amides is 3. The summed E-state index contributed by atoms with van der Waals surface area (Å²) in [5.41, 5.74) is 0. The number of morpholine rings is 1. The third-order valence-electron chi connectivity index (χ3n) is 4.48. The number of nitrogens with one attached hydrogen (secondary N) is 2. The van der Waals surface area contributed by atoms with Crippen LogP contribution in [0, 0.1) is 5.92 Å². The maximum atomic E-state index is 12.6. The molecule has 0 radical (unpaired) electrons. The molecule has 3 amide bonds. The number of carbonyl (C=O) groups is 2. The van der Waals surface area contributed by atoms with Gasteiger partial charge in [-0.05, 0) is 18.8 Å². The second kappa shape index (κ2) is 8.36. The quantitative estimate of drug-likeness (QED) is 0.826. The van der Waals surface area contributed by atoms with Crippen LogP contribution in [0.25, 0.3) is 0 Å². The smallest absolute Gasteiger partial charge is 0.315 e. The molecule has 2 rings (SSSR count). The van der Waals surface area contributed by atoms with E-state index in [9.17, 15) is 9.59 Å². The molecule has 0 bridgehead atoms. The SMILES string of the molecule is CC(C)[C@H](NC(=O)NC1CCCCC1)C(=O)N1CCOCC1. The Labute approximate surface area is 132 Å². The summed E-state index contributed by atoms with van der Waals surface area (Å²) in [4.78, 5) is 26.6. The predicted octanol–water partition coefficient (Wildman–Crippen LogP) is 1.50. The first-order valence-electron chi connectivity index (χ1n) is 8.51. The molecule has 0 aromatic rings. The van der Waals surface area contributed by atoms with E-state index in [0.29, 0.717) is 26.3 Å². The molecule has 2 N–H and O–H groups in total. The largest absolute Gasteiger partial charge is 0.378 e. The highest BCUT2D eigenvalue weighted by atomic mass is 16.5. The predicted molar refractivity (Wildman–Crippen MR) is 84.6 cm³/mol. The van der Waals surface area contributed by atoms with E-state index in [1.54, 1.807) is 4.90 Å². The van der Waals surface area contributed by atoms with Crippen LogP contribution < -0.4 is 10.6 Å². The number of urea groups is 1. The Morgan fingerprint density at radius 2 is 1.73 bits per heavy atom. The van der Waals surface area contributed by atoms with Gasteiger partial charge in [-0.2, -0.15) is 0 Å². The topological polar surface area (TPSA) is 70.7 Å². The lowest BCUT2D eigenvalue weighted by molar-refractivity contribution is -0.138. The van der Waals surface area contributed by atoms with Crippen LogP contribution in [0.4, 0.5) is 4.79 Å². The molecule has 6 heteroatoms. The molecule has 0 spiro atoms. The molecule has 0 unspecified atom stereocenters. The molecule has 1 heterocycles. The Hall–Kier alpha value is -1.30. The number of hydrogen-bond acceptors (Lipinski definition) is 3. The van der Waals surface area contributed by atoms with Crippen LogP contribution in [0.1, 0.15) is 46.0 Å². The maximum absolute atomic E-state index is 12.6. The Bertz CT molecular complexity index is 375. The van der Waals surface area contributed by atoms with Gasteiger partial charge < -0.3 is 20.3 Å². The fraction of sp³-hybridized carbons (Fsp3) is 0.875. The second-order valence-electron chi connectivity index (χ2n) is 6.61. The minimum absolute atomic E-state index is 0.00269. The van der Waals surface area contributed by atoms with Crippen molar-refractivity contribution in [2.24, 2.45) is 5.92 Å². The van der Waals surface area contributed by atoms with Crippen molar-refractivity contribution in [2.75, 3.05) is 26.3 Å². The minimum Gasteiger partial charge on any atom is -0.378 e. The fourth-order valence-corrected chi connectivity index (χ4v) is 3.11. The van der Waals surface area contributed by atoms with E-state index in [1.807, 2.05) is 13.8 Å². The van der Waals surface area contributed by atoms with Gasteiger partial charge in [-0.3, -0.25) is 4.79 Å². The zero-order chi connectivity index (χ0) is 15.9.